The fourth-order valence-corrected chi connectivity index (χ4v) is 5.74. The number of benzene rings is 3. The van der Waals surface area contributed by atoms with Gasteiger partial charge in [0.2, 0.25) is 0 Å². The molecule has 0 unspecified atom stereocenters. The smallest absolute Gasteiger partial charge is 0.264 e. The molecule has 0 fully saturated rings. The molecule has 7 nitrogen and oxygen atoms in total. The number of nitrogens with zero attached hydrogens (tertiary/aromatic N) is 2. The normalized spacial score (nSPS) is 11.5. The number of hydrogen-bond acceptors (Lipinski definition) is 6. The van der Waals surface area contributed by atoms with Crippen molar-refractivity contribution in [1.82, 2.24) is 14.1 Å². The molecular formula is C20H13Cl2IN4O3S2. The Morgan fingerprint density at radius 1 is 1.06 bits per heavy atom. The fraction of sp³-hybridized carbons (Fsp3) is 0.0500. The fourth-order valence-electron chi connectivity index (χ4n) is 2.93. The zero-order valence-corrected chi connectivity index (χ0v) is 21.3. The lowest BCUT2D eigenvalue weighted by Crippen LogP contribution is -2.25. The minimum atomic E-state index is -4.03. The summed E-state index contributed by atoms with van der Waals surface area (Å²) in [4.78, 5) is 12.9. The summed E-state index contributed by atoms with van der Waals surface area (Å²) in [6.45, 7) is 0.150. The van der Waals surface area contributed by atoms with Gasteiger partial charge in [-0.05, 0) is 70.6 Å². The van der Waals surface area contributed by atoms with Gasteiger partial charge >= 0.3 is 0 Å². The van der Waals surface area contributed by atoms with E-state index in [9.17, 15) is 13.2 Å². The number of sulfonamides is 1. The third-order valence-corrected chi connectivity index (χ3v) is 7.66. The van der Waals surface area contributed by atoms with E-state index >= 15 is 0 Å². The summed E-state index contributed by atoms with van der Waals surface area (Å²) < 4.78 is 37.7. The van der Waals surface area contributed by atoms with Crippen molar-refractivity contribution in [3.8, 4) is 0 Å². The van der Waals surface area contributed by atoms with Gasteiger partial charge in [-0.15, -0.1) is 0 Å². The molecule has 3 aromatic carbocycles. The van der Waals surface area contributed by atoms with Crippen molar-refractivity contribution in [3.05, 3.63) is 79.3 Å². The van der Waals surface area contributed by atoms with Gasteiger partial charge in [0.25, 0.3) is 15.9 Å². The lowest BCUT2D eigenvalue weighted by molar-refractivity contribution is 0.0952. The standard InChI is InChI=1S/C20H13Cl2IN4O3S2/c21-12-5-4-11(15(22)8-12)10-24-20(28)14-7-6-13(23)9-17(14)27-32(29,30)18-3-1-2-16-19(18)26-31-25-16/h1-9,27H,10H2,(H,24,28). The van der Waals surface area contributed by atoms with E-state index < -0.39 is 15.9 Å². The predicted octanol–water partition coefficient (Wildman–Crippen LogP) is 5.33. The van der Waals surface area contributed by atoms with E-state index in [2.05, 4.69) is 18.8 Å². The summed E-state index contributed by atoms with van der Waals surface area (Å²) >= 11 is 15.0. The minimum absolute atomic E-state index is 0.0121. The zero-order valence-electron chi connectivity index (χ0n) is 16.0. The van der Waals surface area contributed by atoms with E-state index in [1.54, 1.807) is 48.5 Å². The summed E-state index contributed by atoms with van der Waals surface area (Å²) in [6.07, 6.45) is 0. The maximum absolute atomic E-state index is 13.1. The maximum Gasteiger partial charge on any atom is 0.264 e. The van der Waals surface area contributed by atoms with Crippen LogP contribution in [0.25, 0.3) is 11.0 Å². The predicted molar refractivity (Wildman–Crippen MR) is 135 cm³/mol. The Morgan fingerprint density at radius 2 is 1.88 bits per heavy atom. The maximum atomic E-state index is 13.1. The molecule has 0 saturated heterocycles. The van der Waals surface area contributed by atoms with E-state index in [0.717, 1.165) is 15.3 Å². The van der Waals surface area contributed by atoms with Crippen LogP contribution in [-0.4, -0.2) is 23.1 Å². The number of amides is 1. The molecule has 0 bridgehead atoms. The van der Waals surface area contributed by atoms with Crippen molar-refractivity contribution in [2.24, 2.45) is 0 Å². The largest absolute Gasteiger partial charge is 0.348 e. The topological polar surface area (TPSA) is 101 Å². The van der Waals surface area contributed by atoms with Crippen LogP contribution in [0.1, 0.15) is 15.9 Å². The number of hydrogen-bond donors (Lipinski definition) is 2. The number of rotatable bonds is 6. The van der Waals surface area contributed by atoms with Crippen LogP contribution in [-0.2, 0) is 16.6 Å². The Labute approximate surface area is 211 Å². The first-order chi connectivity index (χ1) is 15.2. The van der Waals surface area contributed by atoms with Crippen LogP contribution < -0.4 is 10.0 Å². The number of anilines is 1. The number of carbonyl (C=O) groups is 1. The quantitative estimate of drug-likeness (QED) is 0.284. The lowest BCUT2D eigenvalue weighted by Gasteiger charge is -2.14. The summed E-state index contributed by atoms with van der Waals surface area (Å²) in [5.41, 5.74) is 1.76. The molecule has 32 heavy (non-hydrogen) atoms. The first kappa shape index (κ1) is 23.2. The van der Waals surface area contributed by atoms with Crippen LogP contribution in [0.3, 0.4) is 0 Å². The van der Waals surface area contributed by atoms with Crippen LogP contribution in [0, 0.1) is 3.57 Å². The van der Waals surface area contributed by atoms with Crippen molar-refractivity contribution in [1.29, 1.82) is 0 Å². The average Bonchev–Trinajstić information content (AvgIpc) is 3.21. The molecule has 1 aromatic heterocycles. The van der Waals surface area contributed by atoms with E-state index in [4.69, 9.17) is 23.2 Å². The Kier molecular flexibility index (Phi) is 6.86. The molecular weight excluding hydrogens is 606 g/mol. The molecule has 0 atom stereocenters. The highest BCUT2D eigenvalue weighted by atomic mass is 127. The van der Waals surface area contributed by atoms with Crippen LogP contribution in [0.2, 0.25) is 10.0 Å². The van der Waals surface area contributed by atoms with Crippen LogP contribution in [0.5, 0.6) is 0 Å². The highest BCUT2D eigenvalue weighted by Crippen LogP contribution is 2.27. The number of fused-ring (bicyclic) bond motifs is 1. The van der Waals surface area contributed by atoms with Crippen LogP contribution in [0.4, 0.5) is 5.69 Å². The monoisotopic (exact) mass is 618 g/mol. The van der Waals surface area contributed by atoms with Crippen molar-refractivity contribution in [2.75, 3.05) is 4.72 Å². The molecule has 1 heterocycles. The second-order valence-corrected chi connectivity index (χ2v) is 10.9. The highest BCUT2D eigenvalue weighted by molar-refractivity contribution is 14.1. The Bertz CT molecular complexity index is 1440. The van der Waals surface area contributed by atoms with Crippen LogP contribution in [0.15, 0.2) is 59.5 Å². The van der Waals surface area contributed by atoms with Crippen LogP contribution >= 0.6 is 57.5 Å². The number of carbonyl (C=O) groups excluding carboxylic acids is 1. The van der Waals surface area contributed by atoms with Gasteiger partial charge in [0.15, 0.2) is 0 Å². The molecule has 0 aliphatic heterocycles. The molecule has 4 aromatic rings. The second kappa shape index (κ2) is 9.48. The Morgan fingerprint density at radius 3 is 2.66 bits per heavy atom. The average molecular weight is 619 g/mol. The summed E-state index contributed by atoms with van der Waals surface area (Å²) in [5, 5.41) is 3.68. The molecule has 164 valence electrons. The summed E-state index contributed by atoms with van der Waals surface area (Å²) in [5.74, 6) is -0.460. The number of aromatic nitrogens is 2. The number of nitrogens with one attached hydrogen (secondary N) is 2. The Hall–Kier alpha value is -1.99. The first-order valence-corrected chi connectivity index (χ1v) is 13.1. The zero-order chi connectivity index (χ0) is 22.9. The SMILES string of the molecule is O=C(NCc1ccc(Cl)cc1Cl)c1ccc(I)cc1NS(=O)(=O)c1cccc2nsnc12. The van der Waals surface area contributed by atoms with Gasteiger partial charge in [-0.3, -0.25) is 9.52 Å². The minimum Gasteiger partial charge on any atom is -0.348 e. The highest BCUT2D eigenvalue weighted by Gasteiger charge is 2.22. The van der Waals surface area contributed by atoms with Gasteiger partial charge in [0.1, 0.15) is 15.9 Å². The molecule has 0 spiro atoms. The molecule has 1 amide bonds. The molecule has 0 saturated carbocycles. The van der Waals surface area contributed by atoms with Crippen molar-refractivity contribution in [3.63, 3.8) is 0 Å². The first-order valence-electron chi connectivity index (χ1n) is 9.00. The van der Waals surface area contributed by atoms with Crippen molar-refractivity contribution in [2.45, 2.75) is 11.4 Å². The van der Waals surface area contributed by atoms with E-state index in [0.29, 0.717) is 21.1 Å². The number of halogens is 3. The summed E-state index contributed by atoms with van der Waals surface area (Å²) in [7, 11) is -4.03. The lowest BCUT2D eigenvalue weighted by atomic mass is 10.1. The molecule has 12 heteroatoms. The van der Waals surface area contributed by atoms with E-state index in [1.165, 1.54) is 6.07 Å². The van der Waals surface area contributed by atoms with Gasteiger partial charge in [-0.1, -0.05) is 35.3 Å². The van der Waals surface area contributed by atoms with Crippen molar-refractivity contribution < 1.29 is 13.2 Å². The van der Waals surface area contributed by atoms with Gasteiger partial charge in [0.05, 0.1) is 23.0 Å². The molecule has 0 aliphatic carbocycles. The third kappa shape index (κ3) is 4.99. The van der Waals surface area contributed by atoms with Gasteiger partial charge in [0, 0.05) is 20.2 Å². The van der Waals surface area contributed by atoms with Gasteiger partial charge in [-0.2, -0.15) is 8.75 Å². The molecule has 0 aliphatic rings. The Balaban J connectivity index is 1.62. The molecule has 0 radical (unpaired) electrons. The van der Waals surface area contributed by atoms with E-state index in [1.807, 2.05) is 22.6 Å². The molecule has 2 N–H and O–H groups in total. The summed E-state index contributed by atoms with van der Waals surface area (Å²) in [6, 6.07) is 14.6. The third-order valence-electron chi connectivity index (χ3n) is 4.46. The van der Waals surface area contributed by atoms with E-state index in [-0.39, 0.29) is 28.2 Å². The van der Waals surface area contributed by atoms with Gasteiger partial charge in [-0.25, -0.2) is 8.42 Å². The second-order valence-electron chi connectivity index (χ2n) is 6.60. The van der Waals surface area contributed by atoms with Gasteiger partial charge < -0.3 is 5.32 Å². The molecule has 4 rings (SSSR count). The van der Waals surface area contributed by atoms with Crippen molar-refractivity contribution >= 4 is 90.2 Å².